The topological polar surface area (TPSA) is 73.8 Å². The van der Waals surface area contributed by atoms with Crippen LogP contribution in [-0.2, 0) is 0 Å². The summed E-state index contributed by atoms with van der Waals surface area (Å²) in [6.07, 6.45) is 0. The van der Waals surface area contributed by atoms with Crippen LogP contribution in [0.15, 0.2) is 97.1 Å². The first kappa shape index (κ1) is 29.8. The molecule has 12 heteroatoms. The van der Waals surface area contributed by atoms with Crippen LogP contribution in [0.2, 0.25) is 0 Å². The van der Waals surface area contributed by atoms with Gasteiger partial charge in [-0.2, -0.15) is 0 Å². The van der Waals surface area contributed by atoms with Crippen molar-refractivity contribution >= 4 is 29.8 Å². The van der Waals surface area contributed by atoms with Crippen LogP contribution in [0.3, 0.4) is 0 Å². The smallest absolute Gasteiger partial charge is 0.609 e. The molecule has 0 unspecified atom stereocenters. The van der Waals surface area contributed by atoms with E-state index in [1.807, 2.05) is 97.1 Å². The molecule has 4 aliphatic rings. The predicted molar refractivity (Wildman–Crippen MR) is 174 cm³/mol. The standard InChI is InChI=1S/2C12H8BO4.2C3H9P/c2*1-2-6-10-9(5-1)14-13(15-10)16-11-7-3-4-8-12(11)17-13;2*1-4(2)3/h2*1-8H;2*1-3H3/q2*-1;;/p+2. The van der Waals surface area contributed by atoms with Crippen molar-refractivity contribution in [2.75, 3.05) is 40.0 Å². The molecule has 0 radical (unpaired) electrons. The third kappa shape index (κ3) is 7.00. The zero-order valence-corrected chi connectivity index (χ0v) is 26.7. The van der Waals surface area contributed by atoms with E-state index in [0.29, 0.717) is 46.0 Å². The van der Waals surface area contributed by atoms with Crippen molar-refractivity contribution in [3.8, 4) is 46.0 Å². The highest BCUT2D eigenvalue weighted by atomic mass is 31.1. The van der Waals surface area contributed by atoms with Gasteiger partial charge in [-0.15, -0.1) is 0 Å². The second kappa shape index (κ2) is 12.6. The minimum absolute atomic E-state index is 0.120. The van der Waals surface area contributed by atoms with E-state index in [1.54, 1.807) is 0 Å². The zero-order valence-electron chi connectivity index (χ0n) is 24.7. The van der Waals surface area contributed by atoms with Gasteiger partial charge in [0.15, 0.2) is 0 Å². The van der Waals surface area contributed by atoms with Gasteiger partial charge in [-0.3, -0.25) is 0 Å². The van der Waals surface area contributed by atoms with Crippen LogP contribution in [0.4, 0.5) is 0 Å². The molecule has 4 aliphatic heterocycles. The maximum Gasteiger partial charge on any atom is 0.777 e. The van der Waals surface area contributed by atoms with Crippen molar-refractivity contribution in [2.45, 2.75) is 0 Å². The molecule has 0 fully saturated rings. The van der Waals surface area contributed by atoms with E-state index >= 15 is 0 Å². The van der Waals surface area contributed by atoms with Crippen molar-refractivity contribution in [3.63, 3.8) is 0 Å². The Balaban J connectivity index is 0.000000135. The lowest BCUT2D eigenvalue weighted by Crippen LogP contribution is -2.54. The van der Waals surface area contributed by atoms with Crippen LogP contribution in [0.5, 0.6) is 46.0 Å². The molecule has 0 amide bonds. The third-order valence-corrected chi connectivity index (χ3v) is 5.57. The average molecular weight is 608 g/mol. The summed E-state index contributed by atoms with van der Waals surface area (Å²) in [6.45, 7) is 9.20. The molecule has 8 nitrogen and oxygen atoms in total. The summed E-state index contributed by atoms with van der Waals surface area (Å²) in [6, 6.07) is 29.6. The van der Waals surface area contributed by atoms with Gasteiger partial charge < -0.3 is 37.2 Å². The van der Waals surface area contributed by atoms with Crippen molar-refractivity contribution < 1.29 is 37.2 Å². The average Bonchev–Trinajstić information content (AvgIpc) is 3.68. The maximum absolute atomic E-state index is 5.63. The van der Waals surface area contributed by atoms with Crippen LogP contribution in [0.1, 0.15) is 0 Å². The van der Waals surface area contributed by atoms with E-state index in [2.05, 4.69) is 40.0 Å². The van der Waals surface area contributed by atoms with Crippen molar-refractivity contribution in [3.05, 3.63) is 97.1 Å². The lowest BCUT2D eigenvalue weighted by Gasteiger charge is -2.27. The monoisotopic (exact) mass is 608 g/mol. The molecule has 0 saturated heterocycles. The first-order valence-electron chi connectivity index (χ1n) is 13.8. The molecule has 0 aromatic heterocycles. The molecule has 0 saturated carbocycles. The van der Waals surface area contributed by atoms with Crippen LogP contribution >= 0.6 is 15.8 Å². The van der Waals surface area contributed by atoms with Crippen LogP contribution in [0.25, 0.3) is 0 Å². The highest BCUT2D eigenvalue weighted by molar-refractivity contribution is 7.55. The Morgan fingerprint density at radius 1 is 0.310 bits per heavy atom. The van der Waals surface area contributed by atoms with Crippen LogP contribution in [0, 0.1) is 0 Å². The van der Waals surface area contributed by atoms with Crippen molar-refractivity contribution in [1.29, 1.82) is 0 Å². The van der Waals surface area contributed by atoms with E-state index in [9.17, 15) is 0 Å². The van der Waals surface area contributed by atoms with Gasteiger partial charge in [0, 0.05) is 40.0 Å². The van der Waals surface area contributed by atoms with Gasteiger partial charge >= 0.3 is 13.9 Å². The van der Waals surface area contributed by atoms with E-state index in [-0.39, 0.29) is 15.8 Å². The van der Waals surface area contributed by atoms with Gasteiger partial charge in [0.25, 0.3) is 0 Å². The molecule has 4 aromatic rings. The quantitative estimate of drug-likeness (QED) is 0.158. The summed E-state index contributed by atoms with van der Waals surface area (Å²) in [7, 11) is 0.241. The van der Waals surface area contributed by atoms with Gasteiger partial charge in [-0.1, -0.05) is 48.5 Å². The SMILES string of the molecule is C[PH+](C)C.C[PH+](C)C.c1ccc2c(c1)O[B-]1(O2)Oc2ccccc2O1.c1ccc2c(c1)O[B-]1(O2)Oc2ccccc2O1. The Morgan fingerprint density at radius 2 is 0.429 bits per heavy atom. The number of para-hydroxylation sites is 8. The molecule has 0 atom stereocenters. The second-order valence-corrected chi connectivity index (χ2v) is 16.9. The van der Waals surface area contributed by atoms with E-state index in [4.69, 9.17) is 37.2 Å². The Kier molecular flexibility index (Phi) is 8.96. The number of fused-ring (bicyclic) bond motifs is 4. The van der Waals surface area contributed by atoms with E-state index < -0.39 is 13.9 Å². The zero-order chi connectivity index (χ0) is 29.7. The van der Waals surface area contributed by atoms with Gasteiger partial charge in [0.05, 0.1) is 0 Å². The lowest BCUT2D eigenvalue weighted by atomic mass is 10.1. The summed E-state index contributed by atoms with van der Waals surface area (Å²) in [5.74, 6) is 5.11. The molecule has 0 aliphatic carbocycles. The van der Waals surface area contributed by atoms with Gasteiger partial charge in [-0.25, -0.2) is 0 Å². The Bertz CT molecular complexity index is 1190. The summed E-state index contributed by atoms with van der Waals surface area (Å²) in [4.78, 5) is 0. The normalized spacial score (nSPS) is 15.8. The lowest BCUT2D eigenvalue weighted by molar-refractivity contribution is 0.223. The van der Waals surface area contributed by atoms with E-state index in [1.165, 1.54) is 0 Å². The van der Waals surface area contributed by atoms with Crippen LogP contribution in [-0.4, -0.2) is 53.9 Å². The number of hydrogen-bond acceptors (Lipinski definition) is 8. The molecule has 0 bridgehead atoms. The summed E-state index contributed by atoms with van der Waals surface area (Å²) in [5, 5.41) is 0. The van der Waals surface area contributed by atoms with Crippen molar-refractivity contribution in [2.24, 2.45) is 0 Å². The predicted octanol–water partition coefficient (Wildman–Crippen LogP) is 6.91. The largest absolute Gasteiger partial charge is 0.777 e. The minimum Gasteiger partial charge on any atom is -0.609 e. The molecule has 42 heavy (non-hydrogen) atoms. The molecule has 4 heterocycles. The molecular formula is C30H36B2O8P2. The maximum atomic E-state index is 5.63. The van der Waals surface area contributed by atoms with Gasteiger partial charge in [0.1, 0.15) is 46.0 Å². The number of benzene rings is 4. The van der Waals surface area contributed by atoms with E-state index in [0.717, 1.165) is 0 Å². The molecule has 8 rings (SSSR count). The molecule has 220 valence electrons. The minimum atomic E-state index is -2.21. The van der Waals surface area contributed by atoms with Gasteiger partial charge in [0.2, 0.25) is 0 Å². The summed E-state index contributed by atoms with van der Waals surface area (Å²) < 4.78 is 45.1. The van der Waals surface area contributed by atoms with Gasteiger partial charge in [-0.05, 0) is 64.4 Å². The molecule has 4 aromatic carbocycles. The number of rotatable bonds is 0. The Morgan fingerprint density at radius 3 is 0.548 bits per heavy atom. The highest BCUT2D eigenvalue weighted by Gasteiger charge is 2.52. The number of hydrogen-bond donors (Lipinski definition) is 0. The fourth-order valence-electron chi connectivity index (χ4n) is 4.11. The second-order valence-electron chi connectivity index (χ2n) is 10.9. The van der Waals surface area contributed by atoms with Crippen LogP contribution < -0.4 is 37.2 Å². The summed E-state index contributed by atoms with van der Waals surface area (Å²) >= 11 is 0. The Labute approximate surface area is 249 Å². The fraction of sp³-hybridized carbons (Fsp3) is 0.200. The summed E-state index contributed by atoms with van der Waals surface area (Å²) in [5.41, 5.74) is 0. The fourth-order valence-corrected chi connectivity index (χ4v) is 4.11. The molecule has 0 N–H and O–H groups in total. The third-order valence-electron chi connectivity index (χ3n) is 5.57. The molecular weight excluding hydrogens is 572 g/mol. The Hall–Kier alpha value is -3.73. The first-order chi connectivity index (χ1) is 20.2. The highest BCUT2D eigenvalue weighted by Crippen LogP contribution is 2.45. The first-order valence-corrected chi connectivity index (χ1v) is 19.8. The van der Waals surface area contributed by atoms with Crippen molar-refractivity contribution in [1.82, 2.24) is 0 Å². The molecule has 2 spiro atoms.